The Balaban J connectivity index is 1.49. The molecule has 0 bridgehead atoms. The molecule has 2 aromatic rings. The molecule has 0 amide bonds. The van der Waals surface area contributed by atoms with Gasteiger partial charge in [0.1, 0.15) is 32.2 Å². The summed E-state index contributed by atoms with van der Waals surface area (Å²) in [7, 11) is 0. The summed E-state index contributed by atoms with van der Waals surface area (Å²) in [6.07, 6.45) is -0.249. The average molecular weight is 681 g/mol. The Morgan fingerprint density at radius 2 is 0.896 bits per heavy atom. The Bertz CT molecular complexity index is 1200. The van der Waals surface area contributed by atoms with Crippen molar-refractivity contribution in [2.24, 2.45) is 0 Å². The summed E-state index contributed by atoms with van der Waals surface area (Å²) in [5.41, 5.74) is 0.357. The molecule has 14 nitrogen and oxygen atoms in total. The van der Waals surface area contributed by atoms with Gasteiger partial charge in [-0.15, -0.1) is 0 Å². The van der Waals surface area contributed by atoms with Gasteiger partial charge in [-0.05, 0) is 44.2 Å². The highest BCUT2D eigenvalue weighted by molar-refractivity contribution is 5.90. The molecule has 48 heavy (non-hydrogen) atoms. The van der Waals surface area contributed by atoms with Crippen LogP contribution in [0.15, 0.2) is 36.4 Å². The van der Waals surface area contributed by atoms with Crippen LogP contribution in [0.5, 0.6) is 28.7 Å². The van der Waals surface area contributed by atoms with Crippen molar-refractivity contribution in [2.75, 3.05) is 106 Å². The van der Waals surface area contributed by atoms with Crippen molar-refractivity contribution in [3.05, 3.63) is 42.0 Å². The van der Waals surface area contributed by atoms with Gasteiger partial charge in [-0.2, -0.15) is 0 Å². The first kappa shape index (κ1) is 38.8. The molecule has 268 valence electrons. The van der Waals surface area contributed by atoms with Crippen molar-refractivity contribution in [2.45, 2.75) is 26.9 Å². The maximum Gasteiger partial charge on any atom is 0.338 e. The fourth-order valence-corrected chi connectivity index (χ4v) is 4.03. The lowest BCUT2D eigenvalue weighted by molar-refractivity contribution is -0.131. The first-order valence-corrected chi connectivity index (χ1v) is 16.1. The number of rotatable bonds is 3. The third kappa shape index (κ3) is 16.4. The Morgan fingerprint density at radius 1 is 0.521 bits per heavy atom. The summed E-state index contributed by atoms with van der Waals surface area (Å²) >= 11 is 0. The topological polar surface area (TPSA) is 145 Å². The third-order valence-corrected chi connectivity index (χ3v) is 6.13. The van der Waals surface area contributed by atoms with E-state index in [0.29, 0.717) is 114 Å². The summed E-state index contributed by atoms with van der Waals surface area (Å²) in [6.45, 7) is 10.3. The Hall–Kier alpha value is -3.66. The van der Waals surface area contributed by atoms with Crippen LogP contribution in [-0.2, 0) is 38.0 Å². The fraction of sp³-hybridized carbons (Fsp3) is 0.588. The summed E-state index contributed by atoms with van der Waals surface area (Å²) in [4.78, 5) is 23.8. The molecule has 0 aromatic heterocycles. The summed E-state index contributed by atoms with van der Waals surface area (Å²) in [6, 6.07) is 9.80. The molecule has 1 aliphatic rings. The normalized spacial score (nSPS) is 17.5. The predicted octanol–water partition coefficient (Wildman–Crippen LogP) is 3.51. The molecular weight excluding hydrogens is 632 g/mol. The van der Waals surface area contributed by atoms with Crippen molar-refractivity contribution in [3.8, 4) is 28.7 Å². The van der Waals surface area contributed by atoms with Gasteiger partial charge >= 0.3 is 11.9 Å². The lowest BCUT2D eigenvalue weighted by Crippen LogP contribution is -2.16. The maximum atomic E-state index is 12.4. The fourth-order valence-electron chi connectivity index (χ4n) is 4.03. The minimum Gasteiger partial charge on any atom is -0.487 e. The molecule has 0 saturated carbocycles. The van der Waals surface area contributed by atoms with Crippen molar-refractivity contribution in [1.29, 1.82) is 0 Å². The second kappa shape index (κ2) is 23.6. The lowest BCUT2D eigenvalue weighted by atomic mass is 10.2. The molecule has 14 heteroatoms. The van der Waals surface area contributed by atoms with Gasteiger partial charge in [0.25, 0.3) is 0 Å². The molecule has 0 radical (unpaired) electrons. The molecule has 1 heterocycles. The van der Waals surface area contributed by atoms with E-state index in [4.69, 9.17) is 56.8 Å². The van der Waals surface area contributed by atoms with Crippen LogP contribution in [0.25, 0.3) is 0 Å². The van der Waals surface area contributed by atoms with E-state index in [1.807, 2.05) is 0 Å². The van der Waals surface area contributed by atoms with E-state index >= 15 is 0 Å². The molecule has 0 aliphatic carbocycles. The van der Waals surface area contributed by atoms with Crippen LogP contribution in [0.1, 0.15) is 31.1 Å². The highest BCUT2D eigenvalue weighted by atomic mass is 16.6. The van der Waals surface area contributed by atoms with Crippen LogP contribution in [0, 0.1) is 0 Å². The number of carbonyl (C=O) groups excluding carboxylic acids is 2. The third-order valence-electron chi connectivity index (χ3n) is 6.13. The number of ether oxygens (including phenoxy) is 12. The van der Waals surface area contributed by atoms with Crippen LogP contribution in [0.4, 0.5) is 0 Å². The van der Waals surface area contributed by atoms with Gasteiger partial charge in [0.05, 0.1) is 91.0 Å². The van der Waals surface area contributed by atoms with E-state index in [2.05, 4.69) is 0 Å². The van der Waals surface area contributed by atoms with Gasteiger partial charge in [0.2, 0.25) is 0 Å². The zero-order valence-electron chi connectivity index (χ0n) is 28.1. The van der Waals surface area contributed by atoms with Gasteiger partial charge in [-0.3, -0.25) is 4.79 Å². The Labute approximate surface area is 281 Å². The molecule has 0 atom stereocenters. The second-order valence-corrected chi connectivity index (χ2v) is 10.4. The van der Waals surface area contributed by atoms with E-state index in [1.54, 1.807) is 50.2 Å². The number of carbonyl (C=O) groups is 2. The Kier molecular flexibility index (Phi) is 19.1. The van der Waals surface area contributed by atoms with Crippen LogP contribution in [-0.4, -0.2) is 124 Å². The van der Waals surface area contributed by atoms with E-state index in [0.717, 1.165) is 0 Å². The molecule has 3 rings (SSSR count). The number of hydrogen-bond donors (Lipinski definition) is 0. The van der Waals surface area contributed by atoms with E-state index < -0.39 is 11.9 Å². The molecule has 0 N–H and O–H groups in total. The summed E-state index contributed by atoms with van der Waals surface area (Å²) < 4.78 is 67.5. The van der Waals surface area contributed by atoms with Gasteiger partial charge in [-0.25, -0.2) is 4.79 Å². The largest absolute Gasteiger partial charge is 0.487 e. The molecule has 0 unspecified atom stereocenters. The average Bonchev–Trinajstić information content (AvgIpc) is 3.05. The standard InChI is InChI=1S/C34H48O14/c1-26(2)47-34(36)28-4-6-30-32(24-28)45-22-18-41-14-10-37-9-13-40-17-21-44-31-7-5-29(48-27(3)35)25-33(31)46-23-19-42-15-11-38-8-12-39-16-20-43-30/h4-7,24-26H,8-23H2,1-3H3. The van der Waals surface area contributed by atoms with Crippen LogP contribution >= 0.6 is 0 Å². The van der Waals surface area contributed by atoms with Crippen LogP contribution in [0.3, 0.4) is 0 Å². The van der Waals surface area contributed by atoms with Crippen LogP contribution in [0.2, 0.25) is 0 Å². The minimum absolute atomic E-state index is 0.235. The molecule has 0 spiro atoms. The van der Waals surface area contributed by atoms with Crippen molar-refractivity contribution < 1.29 is 66.4 Å². The first-order chi connectivity index (χ1) is 23.4. The number of hydrogen-bond acceptors (Lipinski definition) is 14. The molecule has 0 saturated heterocycles. The summed E-state index contributed by atoms with van der Waals surface area (Å²) in [5, 5.41) is 0. The van der Waals surface area contributed by atoms with Gasteiger partial charge in [0, 0.05) is 13.0 Å². The second-order valence-electron chi connectivity index (χ2n) is 10.4. The van der Waals surface area contributed by atoms with Crippen molar-refractivity contribution >= 4 is 11.9 Å². The number of benzene rings is 2. The van der Waals surface area contributed by atoms with Crippen molar-refractivity contribution in [3.63, 3.8) is 0 Å². The zero-order valence-corrected chi connectivity index (χ0v) is 28.1. The van der Waals surface area contributed by atoms with E-state index in [1.165, 1.54) is 6.92 Å². The molecule has 2 aromatic carbocycles. The van der Waals surface area contributed by atoms with E-state index in [-0.39, 0.29) is 32.5 Å². The smallest absolute Gasteiger partial charge is 0.338 e. The summed E-state index contributed by atoms with van der Waals surface area (Å²) in [5.74, 6) is 1.24. The highest BCUT2D eigenvalue weighted by Crippen LogP contribution is 2.32. The van der Waals surface area contributed by atoms with Gasteiger partial charge < -0.3 is 56.8 Å². The quantitative estimate of drug-likeness (QED) is 0.344. The van der Waals surface area contributed by atoms with Crippen LogP contribution < -0.4 is 23.7 Å². The molecular formula is C34H48O14. The number of esters is 2. The lowest BCUT2D eigenvalue weighted by Gasteiger charge is -2.15. The molecule has 1 aliphatic heterocycles. The monoisotopic (exact) mass is 680 g/mol. The molecule has 0 fully saturated rings. The maximum absolute atomic E-state index is 12.4. The predicted molar refractivity (Wildman–Crippen MR) is 172 cm³/mol. The first-order valence-electron chi connectivity index (χ1n) is 16.1. The SMILES string of the molecule is CC(=O)Oc1ccc2c(c1)OCCOCCOCCOCCOc1ccc(C(=O)OC(C)C)cc1OCCOCCOCCOCCO2. The number of fused-ring (bicyclic) bond motifs is 2. The zero-order chi connectivity index (χ0) is 34.2. The van der Waals surface area contributed by atoms with E-state index in [9.17, 15) is 9.59 Å². The van der Waals surface area contributed by atoms with Crippen molar-refractivity contribution in [1.82, 2.24) is 0 Å². The van der Waals surface area contributed by atoms with Gasteiger partial charge in [0.15, 0.2) is 23.0 Å². The highest BCUT2D eigenvalue weighted by Gasteiger charge is 2.15. The van der Waals surface area contributed by atoms with Gasteiger partial charge in [-0.1, -0.05) is 0 Å². The minimum atomic E-state index is -0.446. The Morgan fingerprint density at radius 3 is 1.31 bits per heavy atom.